The highest BCUT2D eigenvalue weighted by Gasteiger charge is 2.29. The molecule has 1 heterocycles. The number of rotatable bonds is 7. The Labute approximate surface area is 123 Å². The summed E-state index contributed by atoms with van der Waals surface area (Å²) in [6.07, 6.45) is 4.92. The van der Waals surface area contributed by atoms with Gasteiger partial charge >= 0.3 is 0 Å². The number of methoxy groups -OCH3 is 1. The lowest BCUT2D eigenvalue weighted by Gasteiger charge is -2.35. The van der Waals surface area contributed by atoms with E-state index >= 15 is 0 Å². The number of nitrogens with two attached hydrogens (primary N) is 1. The van der Waals surface area contributed by atoms with E-state index in [1.54, 1.807) is 11.4 Å². The van der Waals surface area contributed by atoms with Gasteiger partial charge in [0.1, 0.15) is 0 Å². The second-order valence-corrected chi connectivity index (χ2v) is 8.38. The topological polar surface area (TPSA) is 84.7 Å². The van der Waals surface area contributed by atoms with Crippen LogP contribution in [0.2, 0.25) is 0 Å². The first-order valence-corrected chi connectivity index (χ1v) is 8.99. The van der Waals surface area contributed by atoms with Crippen LogP contribution in [0.25, 0.3) is 0 Å². The van der Waals surface area contributed by atoms with Crippen molar-refractivity contribution in [1.29, 1.82) is 0 Å². The summed E-state index contributed by atoms with van der Waals surface area (Å²) in [7, 11) is -1.39. The quantitative estimate of drug-likeness (QED) is 0.534. The molecule has 0 aliphatic carbocycles. The minimum Gasteiger partial charge on any atom is -0.379 e. The van der Waals surface area contributed by atoms with Crippen LogP contribution in [0.15, 0.2) is 0 Å². The maximum atomic E-state index is 11.6. The fourth-order valence-electron chi connectivity index (χ4n) is 2.81. The molecule has 0 spiro atoms. The summed E-state index contributed by atoms with van der Waals surface area (Å²) in [4.78, 5) is 0. The van der Waals surface area contributed by atoms with Crippen molar-refractivity contribution in [2.45, 2.75) is 51.2 Å². The van der Waals surface area contributed by atoms with Crippen LogP contribution in [0.3, 0.4) is 0 Å². The summed E-state index contributed by atoms with van der Waals surface area (Å²) >= 11 is 0. The summed E-state index contributed by atoms with van der Waals surface area (Å²) in [6, 6.07) is 0.134. The van der Waals surface area contributed by atoms with Gasteiger partial charge in [0.25, 0.3) is 0 Å². The molecule has 1 saturated heterocycles. The fraction of sp³-hybridized carbons (Fsp3) is 1.00. The van der Waals surface area contributed by atoms with Crippen molar-refractivity contribution in [2.75, 3.05) is 26.5 Å². The molecule has 2 unspecified atom stereocenters. The summed E-state index contributed by atoms with van der Waals surface area (Å²) < 4.78 is 30.3. The van der Waals surface area contributed by atoms with Crippen LogP contribution in [0, 0.1) is 5.92 Å². The minimum atomic E-state index is -3.08. The molecular formula is C13H29N3O3S. The Kier molecular flexibility index (Phi) is 6.40. The monoisotopic (exact) mass is 307 g/mol. The molecule has 0 aromatic carbocycles. The van der Waals surface area contributed by atoms with E-state index in [0.29, 0.717) is 19.0 Å². The minimum absolute atomic E-state index is 0.134. The van der Waals surface area contributed by atoms with Gasteiger partial charge in [-0.15, -0.1) is 0 Å². The number of hydrogen-bond acceptors (Lipinski definition) is 5. The van der Waals surface area contributed by atoms with Gasteiger partial charge in [-0.3, -0.25) is 11.3 Å². The van der Waals surface area contributed by atoms with Crippen LogP contribution >= 0.6 is 0 Å². The molecule has 2 atom stereocenters. The Bertz CT molecular complexity index is 398. The average Bonchev–Trinajstić information content (AvgIpc) is 2.37. The van der Waals surface area contributed by atoms with Crippen molar-refractivity contribution >= 4 is 10.0 Å². The molecule has 1 rings (SSSR count). The van der Waals surface area contributed by atoms with Crippen molar-refractivity contribution < 1.29 is 13.2 Å². The zero-order chi connectivity index (χ0) is 15.4. The second kappa shape index (κ2) is 7.17. The zero-order valence-electron chi connectivity index (χ0n) is 13.1. The number of piperidine rings is 1. The maximum Gasteiger partial charge on any atom is 0.211 e. The molecule has 120 valence electrons. The SMILES string of the molecule is COC(C)(C)CC(CC1CCCN(S(C)(=O)=O)C1)NN. The van der Waals surface area contributed by atoms with E-state index < -0.39 is 10.0 Å². The predicted molar refractivity (Wildman–Crippen MR) is 80.6 cm³/mol. The van der Waals surface area contributed by atoms with Gasteiger partial charge in [0.05, 0.1) is 11.9 Å². The van der Waals surface area contributed by atoms with Gasteiger partial charge in [-0.25, -0.2) is 12.7 Å². The average molecular weight is 307 g/mol. The van der Waals surface area contributed by atoms with E-state index in [-0.39, 0.29) is 11.6 Å². The van der Waals surface area contributed by atoms with Crippen molar-refractivity contribution in [3.05, 3.63) is 0 Å². The molecule has 20 heavy (non-hydrogen) atoms. The third-order valence-corrected chi connectivity index (χ3v) is 5.36. The summed E-state index contributed by atoms with van der Waals surface area (Å²) in [5.74, 6) is 5.99. The number of sulfonamides is 1. The van der Waals surface area contributed by atoms with Crippen LogP contribution in [-0.4, -0.2) is 50.8 Å². The number of nitrogens with zero attached hydrogens (tertiary/aromatic N) is 1. The van der Waals surface area contributed by atoms with Crippen molar-refractivity contribution in [2.24, 2.45) is 11.8 Å². The Morgan fingerprint density at radius 2 is 2.15 bits per heavy atom. The van der Waals surface area contributed by atoms with E-state index in [4.69, 9.17) is 10.6 Å². The highest BCUT2D eigenvalue weighted by molar-refractivity contribution is 7.88. The fourth-order valence-corrected chi connectivity index (χ4v) is 3.75. The second-order valence-electron chi connectivity index (χ2n) is 6.40. The van der Waals surface area contributed by atoms with Gasteiger partial charge in [0.15, 0.2) is 0 Å². The van der Waals surface area contributed by atoms with Crippen LogP contribution in [-0.2, 0) is 14.8 Å². The Morgan fingerprint density at radius 3 is 2.65 bits per heavy atom. The van der Waals surface area contributed by atoms with Gasteiger partial charge in [0, 0.05) is 26.2 Å². The lowest BCUT2D eigenvalue weighted by atomic mass is 9.88. The van der Waals surface area contributed by atoms with E-state index in [9.17, 15) is 8.42 Å². The number of hydrazine groups is 1. The van der Waals surface area contributed by atoms with Gasteiger partial charge in [-0.2, -0.15) is 0 Å². The predicted octanol–water partition coefficient (Wildman–Crippen LogP) is 0.695. The molecule has 7 heteroatoms. The van der Waals surface area contributed by atoms with Gasteiger partial charge in [-0.1, -0.05) is 0 Å². The Balaban J connectivity index is 2.57. The van der Waals surface area contributed by atoms with E-state index in [1.807, 2.05) is 13.8 Å². The highest BCUT2D eigenvalue weighted by Crippen LogP contribution is 2.26. The number of nitrogens with one attached hydrogen (secondary N) is 1. The largest absolute Gasteiger partial charge is 0.379 e. The third kappa shape index (κ3) is 5.65. The lowest BCUT2D eigenvalue weighted by Crippen LogP contribution is -2.45. The molecule has 1 aliphatic rings. The van der Waals surface area contributed by atoms with Crippen molar-refractivity contribution in [3.8, 4) is 0 Å². The van der Waals surface area contributed by atoms with E-state index in [2.05, 4.69) is 5.43 Å². The molecule has 0 radical (unpaired) electrons. The molecule has 0 amide bonds. The first-order valence-electron chi connectivity index (χ1n) is 7.14. The molecule has 0 aromatic heterocycles. The van der Waals surface area contributed by atoms with Crippen LogP contribution < -0.4 is 11.3 Å². The molecular weight excluding hydrogens is 278 g/mol. The lowest BCUT2D eigenvalue weighted by molar-refractivity contribution is 0.00425. The van der Waals surface area contributed by atoms with E-state index in [0.717, 1.165) is 25.7 Å². The maximum absolute atomic E-state index is 11.6. The van der Waals surface area contributed by atoms with Crippen LogP contribution in [0.4, 0.5) is 0 Å². The van der Waals surface area contributed by atoms with Crippen LogP contribution in [0.5, 0.6) is 0 Å². The number of hydrogen-bond donors (Lipinski definition) is 2. The first kappa shape index (κ1) is 17.8. The smallest absolute Gasteiger partial charge is 0.211 e. The molecule has 1 aliphatic heterocycles. The van der Waals surface area contributed by atoms with E-state index in [1.165, 1.54) is 6.26 Å². The van der Waals surface area contributed by atoms with Gasteiger partial charge in [-0.05, 0) is 45.4 Å². The molecule has 3 N–H and O–H groups in total. The molecule has 6 nitrogen and oxygen atoms in total. The van der Waals surface area contributed by atoms with Gasteiger partial charge < -0.3 is 4.74 Å². The summed E-state index contributed by atoms with van der Waals surface area (Å²) in [5.41, 5.74) is 2.61. The van der Waals surface area contributed by atoms with Crippen molar-refractivity contribution in [1.82, 2.24) is 9.73 Å². The first-order chi connectivity index (χ1) is 9.18. The molecule has 0 aromatic rings. The third-order valence-electron chi connectivity index (χ3n) is 4.09. The normalized spacial score (nSPS) is 23.8. The van der Waals surface area contributed by atoms with Crippen molar-refractivity contribution in [3.63, 3.8) is 0 Å². The zero-order valence-corrected chi connectivity index (χ0v) is 13.9. The highest BCUT2D eigenvalue weighted by atomic mass is 32.2. The summed E-state index contributed by atoms with van der Waals surface area (Å²) in [5, 5.41) is 0. The summed E-state index contributed by atoms with van der Waals surface area (Å²) in [6.45, 7) is 5.30. The Hall–Kier alpha value is -0.210. The van der Waals surface area contributed by atoms with Crippen LogP contribution in [0.1, 0.15) is 39.5 Å². The molecule has 0 bridgehead atoms. The molecule has 0 saturated carbocycles. The Morgan fingerprint density at radius 1 is 1.50 bits per heavy atom. The standard InChI is InChI=1S/C13H29N3O3S/c1-13(2,19-3)9-12(15-14)8-11-6-5-7-16(10-11)20(4,17)18/h11-12,15H,5-10,14H2,1-4H3. The number of ether oxygens (including phenoxy) is 1. The van der Waals surface area contributed by atoms with Gasteiger partial charge in [0.2, 0.25) is 10.0 Å². The molecule has 1 fully saturated rings.